The van der Waals surface area contributed by atoms with Gasteiger partial charge in [0.2, 0.25) is 0 Å². The molecule has 0 amide bonds. The maximum Gasteiger partial charge on any atom is 0.137 e. The van der Waals surface area contributed by atoms with E-state index in [0.29, 0.717) is 11.8 Å². The molecule has 0 radical (unpaired) electrons. The molecule has 6 heteroatoms. The number of nitrogens with zero attached hydrogens (tertiary/aromatic N) is 5. The number of aromatic nitrogens is 2. The molecule has 0 spiro atoms. The molecule has 3 heterocycles. The van der Waals surface area contributed by atoms with Crippen LogP contribution >= 0.6 is 0 Å². The van der Waals surface area contributed by atoms with E-state index in [4.69, 9.17) is 9.72 Å². The van der Waals surface area contributed by atoms with Crippen molar-refractivity contribution in [1.82, 2.24) is 9.55 Å². The minimum atomic E-state index is -0.0602. The Bertz CT molecular complexity index is 2710. The molecule has 4 saturated carbocycles. The molecule has 59 heavy (non-hydrogen) atoms. The van der Waals surface area contributed by atoms with Crippen molar-refractivity contribution in [2.75, 3.05) is 42.5 Å². The molecule has 0 saturated heterocycles. The second-order valence-electron chi connectivity index (χ2n) is 19.4. The highest BCUT2D eigenvalue weighted by Crippen LogP contribution is 2.65. The quantitative estimate of drug-likeness (QED) is 0.161. The number of para-hydroxylation sites is 3. The Morgan fingerprint density at radius 1 is 0.661 bits per heavy atom. The van der Waals surface area contributed by atoms with Crippen LogP contribution in [0.2, 0.25) is 0 Å². The van der Waals surface area contributed by atoms with Crippen molar-refractivity contribution in [3.8, 4) is 17.3 Å². The normalized spacial score (nSPS) is 23.4. The van der Waals surface area contributed by atoms with Crippen molar-refractivity contribution >= 4 is 44.6 Å². The minimum absolute atomic E-state index is 0.0244. The van der Waals surface area contributed by atoms with Crippen LogP contribution < -0.4 is 19.4 Å². The Balaban J connectivity index is 1.03. The lowest BCUT2D eigenvalue weighted by Gasteiger charge is -2.62. The van der Waals surface area contributed by atoms with Gasteiger partial charge in [0.1, 0.15) is 17.3 Å². The lowest BCUT2D eigenvalue weighted by atomic mass is 9.42. The van der Waals surface area contributed by atoms with Gasteiger partial charge < -0.3 is 19.4 Å². The van der Waals surface area contributed by atoms with E-state index in [-0.39, 0.29) is 10.8 Å². The van der Waals surface area contributed by atoms with Crippen LogP contribution in [0.1, 0.15) is 69.6 Å². The van der Waals surface area contributed by atoms with Gasteiger partial charge in [0.05, 0.1) is 29.1 Å². The standard InChI is InChI=1S/C53H55N5O/c1-52(2,3)38-28-42(57-33-56(6)48-13-9-10-14-49(48)57)31-44(29-38)59-43-19-20-46-45-11-7-8-12-47(45)58(50(46)32-43)51-30-37(21-22-54-51)53(36-15-17-41(18-16-36)55(4)5)39-24-34-23-35(26-39)27-40(53)25-34/h7-22,28-32,34-35,39-40H,23-27,33H2,1-6H3. The van der Waals surface area contributed by atoms with E-state index >= 15 is 0 Å². The maximum absolute atomic E-state index is 6.93. The van der Waals surface area contributed by atoms with Crippen molar-refractivity contribution in [3.63, 3.8) is 0 Å². The van der Waals surface area contributed by atoms with Gasteiger partial charge in [-0.15, -0.1) is 0 Å². The summed E-state index contributed by atoms with van der Waals surface area (Å²) in [7, 11) is 6.43. The summed E-state index contributed by atoms with van der Waals surface area (Å²) in [4.78, 5) is 12.1. The zero-order valence-corrected chi connectivity index (χ0v) is 35.3. The lowest BCUT2D eigenvalue weighted by Crippen LogP contribution is -2.56. The van der Waals surface area contributed by atoms with Gasteiger partial charge in [-0.3, -0.25) is 4.57 Å². The third-order valence-corrected chi connectivity index (χ3v) is 14.6. The van der Waals surface area contributed by atoms with E-state index in [0.717, 1.165) is 52.5 Å². The van der Waals surface area contributed by atoms with Crippen molar-refractivity contribution in [2.24, 2.45) is 23.7 Å². The topological polar surface area (TPSA) is 36.8 Å². The van der Waals surface area contributed by atoms with Crippen LogP contribution in [0.3, 0.4) is 0 Å². The summed E-state index contributed by atoms with van der Waals surface area (Å²) < 4.78 is 9.31. The molecule has 2 aromatic heterocycles. The molecule has 298 valence electrons. The number of hydrogen-bond acceptors (Lipinski definition) is 5. The minimum Gasteiger partial charge on any atom is -0.457 e. The van der Waals surface area contributed by atoms with Gasteiger partial charge in [-0.05, 0) is 145 Å². The predicted molar refractivity (Wildman–Crippen MR) is 244 cm³/mol. The van der Waals surface area contributed by atoms with Crippen LogP contribution in [0, 0.1) is 23.7 Å². The smallest absolute Gasteiger partial charge is 0.137 e. The van der Waals surface area contributed by atoms with Crippen molar-refractivity contribution in [2.45, 2.75) is 63.7 Å². The van der Waals surface area contributed by atoms with Gasteiger partial charge in [0.15, 0.2) is 0 Å². The monoisotopic (exact) mass is 777 g/mol. The van der Waals surface area contributed by atoms with E-state index in [1.54, 1.807) is 0 Å². The Morgan fingerprint density at radius 2 is 1.36 bits per heavy atom. The molecular formula is C53H55N5O. The van der Waals surface area contributed by atoms with Crippen LogP contribution in [0.5, 0.6) is 11.5 Å². The van der Waals surface area contributed by atoms with Crippen LogP contribution in [0.4, 0.5) is 22.7 Å². The molecule has 7 aromatic rings. The number of fused-ring (bicyclic) bond motifs is 4. The number of hydrogen-bond donors (Lipinski definition) is 0. The van der Waals surface area contributed by atoms with E-state index in [2.05, 4.69) is 189 Å². The molecule has 4 fully saturated rings. The third-order valence-electron chi connectivity index (χ3n) is 14.6. The third kappa shape index (κ3) is 5.77. The highest BCUT2D eigenvalue weighted by molar-refractivity contribution is 6.09. The highest BCUT2D eigenvalue weighted by Gasteiger charge is 2.58. The second-order valence-corrected chi connectivity index (χ2v) is 19.4. The summed E-state index contributed by atoms with van der Waals surface area (Å²) in [6.45, 7) is 7.61. The zero-order valence-electron chi connectivity index (χ0n) is 35.3. The maximum atomic E-state index is 6.93. The SMILES string of the molecule is CN(C)c1ccc(C2(c3ccnc(-n4c5ccccc5c5ccc(Oc6cc(N7CN(C)c8ccccc87)cc(C(C)(C)C)c6)cc54)c3)C3CC4CC(C3)CC2C4)cc1. The average molecular weight is 778 g/mol. The molecule has 0 unspecified atom stereocenters. The molecule has 4 aliphatic carbocycles. The predicted octanol–water partition coefficient (Wildman–Crippen LogP) is 12.6. The first-order valence-electron chi connectivity index (χ1n) is 21.7. The van der Waals surface area contributed by atoms with E-state index in [1.165, 1.54) is 76.6 Å². The first-order valence-corrected chi connectivity index (χ1v) is 21.7. The molecular weight excluding hydrogens is 723 g/mol. The molecule has 4 bridgehead atoms. The fraction of sp³-hybridized carbons (Fsp3) is 0.340. The molecule has 12 rings (SSSR count). The van der Waals surface area contributed by atoms with Crippen molar-refractivity contribution in [1.29, 1.82) is 0 Å². The molecule has 1 aliphatic heterocycles. The van der Waals surface area contributed by atoms with Gasteiger partial charge in [0.25, 0.3) is 0 Å². The number of rotatable bonds is 7. The van der Waals surface area contributed by atoms with Crippen LogP contribution in [-0.2, 0) is 10.8 Å². The Kier molecular flexibility index (Phi) is 8.25. The Hall–Kier alpha value is -5.75. The van der Waals surface area contributed by atoms with E-state index in [1.807, 2.05) is 0 Å². The highest BCUT2D eigenvalue weighted by atomic mass is 16.5. The van der Waals surface area contributed by atoms with Gasteiger partial charge >= 0.3 is 0 Å². The first-order chi connectivity index (χ1) is 28.5. The van der Waals surface area contributed by atoms with Crippen LogP contribution in [0.25, 0.3) is 27.6 Å². The average Bonchev–Trinajstić information content (AvgIpc) is 3.74. The fourth-order valence-electron chi connectivity index (χ4n) is 12.1. The molecule has 0 atom stereocenters. The van der Waals surface area contributed by atoms with Crippen molar-refractivity contribution < 1.29 is 4.74 Å². The summed E-state index contributed by atoms with van der Waals surface area (Å²) in [5.41, 5.74) is 11.2. The van der Waals surface area contributed by atoms with E-state index in [9.17, 15) is 0 Å². The number of pyridine rings is 1. The summed E-state index contributed by atoms with van der Waals surface area (Å²) in [6, 6.07) is 45.1. The molecule has 5 aromatic carbocycles. The second kappa shape index (κ2) is 13.4. The van der Waals surface area contributed by atoms with Gasteiger partial charge in [-0.2, -0.15) is 0 Å². The Morgan fingerprint density at radius 3 is 2.08 bits per heavy atom. The molecule has 0 N–H and O–H groups in total. The lowest BCUT2D eigenvalue weighted by molar-refractivity contribution is -0.0418. The number of anilines is 4. The summed E-state index contributed by atoms with van der Waals surface area (Å²) >= 11 is 0. The molecule has 6 nitrogen and oxygen atoms in total. The number of benzene rings is 5. The van der Waals surface area contributed by atoms with Crippen LogP contribution in [-0.4, -0.2) is 37.4 Å². The zero-order chi connectivity index (χ0) is 40.2. The first kappa shape index (κ1) is 36.3. The van der Waals surface area contributed by atoms with Gasteiger partial charge in [-0.1, -0.05) is 63.2 Å². The fourth-order valence-corrected chi connectivity index (χ4v) is 12.1. The van der Waals surface area contributed by atoms with Gasteiger partial charge in [0, 0.05) is 67.0 Å². The summed E-state index contributed by atoms with van der Waals surface area (Å²) in [5.74, 6) is 5.64. The van der Waals surface area contributed by atoms with Crippen LogP contribution in [0.15, 0.2) is 128 Å². The summed E-state index contributed by atoms with van der Waals surface area (Å²) in [6.07, 6.45) is 8.83. The Labute approximate surface area is 349 Å². The van der Waals surface area contributed by atoms with E-state index < -0.39 is 0 Å². The largest absolute Gasteiger partial charge is 0.457 e. The number of ether oxygens (including phenoxy) is 1. The van der Waals surface area contributed by atoms with Crippen molar-refractivity contribution in [3.05, 3.63) is 144 Å². The van der Waals surface area contributed by atoms with Gasteiger partial charge in [-0.25, -0.2) is 4.98 Å². The summed E-state index contributed by atoms with van der Waals surface area (Å²) in [5, 5.41) is 2.42. The molecule has 5 aliphatic rings.